The van der Waals surface area contributed by atoms with Gasteiger partial charge in [-0.1, -0.05) is 465 Å². The first-order valence-corrected chi connectivity index (χ1v) is 51.7. The van der Waals surface area contributed by atoms with Crippen molar-refractivity contribution >= 4 is 39.5 Å². The largest absolute Gasteiger partial charge is 0.472 e. The van der Waals surface area contributed by atoms with Gasteiger partial charge in [0.2, 0.25) is 0 Å². The average molecular weight is 1650 g/mol. The molecule has 0 aromatic carbocycles. The van der Waals surface area contributed by atoms with Gasteiger partial charge in [-0.15, -0.1) is 0 Å². The molecule has 0 aliphatic rings. The fourth-order valence-corrected chi connectivity index (χ4v) is 16.4. The Kier molecular flexibility index (Phi) is 85.0. The van der Waals surface area contributed by atoms with E-state index in [9.17, 15) is 43.2 Å². The van der Waals surface area contributed by atoms with E-state index in [-0.39, 0.29) is 25.7 Å². The van der Waals surface area contributed by atoms with E-state index in [0.717, 1.165) is 95.8 Å². The molecule has 6 atom stereocenters. The SMILES string of the molecule is CCCCCCCCCCCCCCCCCCCCCCCCC(=O)OC[C@H](COP(=O)(O)OC[C@@H](O)COP(=O)(O)OC[C@@H](COC(=O)CCCCCCCCCCCCCCC)OC(=O)CCCCCCCCCCCCCCCCCC)OC(=O)CCCCCCCCCCCCCCCCCCCCC(C)CC. The molecule has 0 spiro atoms. The number of carbonyl (C=O) groups is 4. The van der Waals surface area contributed by atoms with Gasteiger partial charge in [0.15, 0.2) is 12.2 Å². The van der Waals surface area contributed by atoms with Crippen molar-refractivity contribution in [3.63, 3.8) is 0 Å². The second kappa shape index (κ2) is 86.4. The molecule has 0 rings (SSSR count). The topological polar surface area (TPSA) is 237 Å². The van der Waals surface area contributed by atoms with E-state index >= 15 is 0 Å². The van der Waals surface area contributed by atoms with Crippen LogP contribution in [0.2, 0.25) is 0 Å². The smallest absolute Gasteiger partial charge is 0.462 e. The Morgan fingerprint density at radius 1 is 0.248 bits per heavy atom. The van der Waals surface area contributed by atoms with Crippen molar-refractivity contribution in [3.8, 4) is 0 Å². The molecular formula is C94H184O17P2. The quantitative estimate of drug-likeness (QED) is 0.0222. The number of esters is 4. The second-order valence-electron chi connectivity index (χ2n) is 34.0. The maximum absolute atomic E-state index is 13.2. The lowest BCUT2D eigenvalue weighted by atomic mass is 9.99. The summed E-state index contributed by atoms with van der Waals surface area (Å²) in [4.78, 5) is 73.5. The predicted octanol–water partition coefficient (Wildman–Crippen LogP) is 29.5. The van der Waals surface area contributed by atoms with Crippen LogP contribution in [-0.4, -0.2) is 96.7 Å². The fourth-order valence-electron chi connectivity index (χ4n) is 14.9. The minimum atomic E-state index is -4.97. The second-order valence-corrected chi connectivity index (χ2v) is 36.9. The van der Waals surface area contributed by atoms with E-state index < -0.39 is 97.5 Å². The summed E-state index contributed by atoms with van der Waals surface area (Å²) in [5.74, 6) is -1.22. The van der Waals surface area contributed by atoms with Gasteiger partial charge in [-0.3, -0.25) is 37.3 Å². The molecule has 672 valence electrons. The number of hydrogen-bond donors (Lipinski definition) is 3. The molecule has 0 amide bonds. The van der Waals surface area contributed by atoms with Gasteiger partial charge in [-0.25, -0.2) is 9.13 Å². The Bertz CT molecular complexity index is 2140. The van der Waals surface area contributed by atoms with Gasteiger partial charge in [0.1, 0.15) is 19.3 Å². The Morgan fingerprint density at radius 2 is 0.425 bits per heavy atom. The number of unbranched alkanes of at least 4 members (excludes halogenated alkanes) is 65. The van der Waals surface area contributed by atoms with Crippen LogP contribution in [0.5, 0.6) is 0 Å². The Labute approximate surface area is 696 Å². The minimum Gasteiger partial charge on any atom is -0.462 e. The molecule has 0 saturated carbocycles. The van der Waals surface area contributed by atoms with Crippen molar-refractivity contribution < 1.29 is 80.2 Å². The van der Waals surface area contributed by atoms with E-state index in [0.29, 0.717) is 25.7 Å². The molecule has 0 aliphatic carbocycles. The van der Waals surface area contributed by atoms with Crippen molar-refractivity contribution in [1.82, 2.24) is 0 Å². The summed E-state index contributed by atoms with van der Waals surface area (Å²) < 4.78 is 69.2. The van der Waals surface area contributed by atoms with Crippen LogP contribution in [0, 0.1) is 5.92 Å². The van der Waals surface area contributed by atoms with Crippen molar-refractivity contribution in [2.45, 2.75) is 534 Å². The molecular weight excluding hydrogens is 1460 g/mol. The highest BCUT2D eigenvalue weighted by atomic mass is 31.2. The summed E-state index contributed by atoms with van der Waals surface area (Å²) in [6, 6.07) is 0. The summed E-state index contributed by atoms with van der Waals surface area (Å²) in [6.07, 6.45) is 83.4. The molecule has 0 bridgehead atoms. The first kappa shape index (κ1) is 111. The van der Waals surface area contributed by atoms with Crippen LogP contribution < -0.4 is 0 Å². The van der Waals surface area contributed by atoms with E-state index in [1.165, 1.54) is 340 Å². The average Bonchev–Trinajstić information content (AvgIpc) is 0.897. The molecule has 0 aliphatic heterocycles. The third kappa shape index (κ3) is 86.3. The van der Waals surface area contributed by atoms with Crippen LogP contribution in [-0.2, 0) is 65.4 Å². The maximum Gasteiger partial charge on any atom is 0.472 e. The van der Waals surface area contributed by atoms with Crippen molar-refractivity contribution in [2.24, 2.45) is 5.92 Å². The molecule has 17 nitrogen and oxygen atoms in total. The predicted molar refractivity (Wildman–Crippen MR) is 469 cm³/mol. The Morgan fingerprint density at radius 3 is 0.628 bits per heavy atom. The zero-order valence-corrected chi connectivity index (χ0v) is 76.3. The Hall–Kier alpha value is -1.94. The number of rotatable bonds is 94. The summed E-state index contributed by atoms with van der Waals surface area (Å²) >= 11 is 0. The van der Waals surface area contributed by atoms with Crippen molar-refractivity contribution in [1.29, 1.82) is 0 Å². The summed E-state index contributed by atoms with van der Waals surface area (Å²) in [7, 11) is -9.94. The van der Waals surface area contributed by atoms with Gasteiger partial charge in [-0.2, -0.15) is 0 Å². The molecule has 0 aromatic heterocycles. The van der Waals surface area contributed by atoms with E-state index in [1.807, 2.05) is 0 Å². The van der Waals surface area contributed by atoms with E-state index in [1.54, 1.807) is 0 Å². The molecule has 19 heteroatoms. The van der Waals surface area contributed by atoms with E-state index in [2.05, 4.69) is 34.6 Å². The van der Waals surface area contributed by atoms with Crippen LogP contribution in [0.1, 0.15) is 516 Å². The van der Waals surface area contributed by atoms with Crippen LogP contribution >= 0.6 is 15.6 Å². The van der Waals surface area contributed by atoms with Gasteiger partial charge in [0.25, 0.3) is 0 Å². The van der Waals surface area contributed by atoms with Crippen LogP contribution in [0.15, 0.2) is 0 Å². The van der Waals surface area contributed by atoms with Crippen LogP contribution in [0.4, 0.5) is 0 Å². The summed E-state index contributed by atoms with van der Waals surface area (Å²) in [5, 5.41) is 10.7. The highest BCUT2D eigenvalue weighted by molar-refractivity contribution is 7.47. The van der Waals surface area contributed by atoms with Gasteiger partial charge in [-0.05, 0) is 31.6 Å². The standard InChI is InChI=1S/C94H184O17P2/c1-6-10-13-16-19-22-25-28-30-32-33-34-35-36-40-44-48-53-58-63-68-73-78-92(97)105-84-90(111-94(99)80-75-70-65-60-55-50-45-41-38-37-39-42-47-51-56-61-66-71-76-87(5)9-4)86-109-113(102,103)107-82-88(95)81-106-112(100,101)108-85-89(83-104-91(96)77-72-67-62-57-52-46-27-24-21-18-15-12-8-3)110-93(98)79-74-69-64-59-54-49-43-31-29-26-23-20-17-14-11-7-2/h87-90,95H,6-86H2,1-5H3,(H,100,101)(H,102,103)/t87?,88-,89+,90+/m0/s1. The van der Waals surface area contributed by atoms with Crippen LogP contribution in [0.25, 0.3) is 0 Å². The van der Waals surface area contributed by atoms with Gasteiger partial charge in [0.05, 0.1) is 26.4 Å². The lowest BCUT2D eigenvalue weighted by molar-refractivity contribution is -0.161. The zero-order valence-electron chi connectivity index (χ0n) is 74.5. The number of hydrogen-bond acceptors (Lipinski definition) is 15. The lowest BCUT2D eigenvalue weighted by Crippen LogP contribution is -2.30. The monoisotopic (exact) mass is 1650 g/mol. The number of phosphoric acid groups is 2. The summed E-state index contributed by atoms with van der Waals surface area (Å²) in [5.41, 5.74) is 0. The lowest BCUT2D eigenvalue weighted by Gasteiger charge is -2.21. The zero-order chi connectivity index (χ0) is 82.6. The van der Waals surface area contributed by atoms with Gasteiger partial charge < -0.3 is 33.8 Å². The highest BCUT2D eigenvalue weighted by Gasteiger charge is 2.31. The van der Waals surface area contributed by atoms with E-state index in [4.69, 9.17) is 37.0 Å². The molecule has 0 saturated heterocycles. The van der Waals surface area contributed by atoms with Crippen LogP contribution in [0.3, 0.4) is 0 Å². The summed E-state index contributed by atoms with van der Waals surface area (Å²) in [6.45, 7) is 7.48. The molecule has 0 aromatic rings. The highest BCUT2D eigenvalue weighted by Crippen LogP contribution is 2.45. The molecule has 113 heavy (non-hydrogen) atoms. The first-order chi connectivity index (χ1) is 55.1. The fraction of sp³-hybridized carbons (Fsp3) is 0.957. The number of aliphatic hydroxyl groups is 1. The molecule has 3 unspecified atom stereocenters. The normalized spacial score (nSPS) is 13.9. The van der Waals surface area contributed by atoms with Crippen molar-refractivity contribution in [2.75, 3.05) is 39.6 Å². The third-order valence-electron chi connectivity index (χ3n) is 22.6. The molecule has 0 fully saturated rings. The van der Waals surface area contributed by atoms with Gasteiger partial charge >= 0.3 is 39.5 Å². The van der Waals surface area contributed by atoms with Crippen molar-refractivity contribution in [3.05, 3.63) is 0 Å². The molecule has 0 heterocycles. The number of carbonyl (C=O) groups excluding carboxylic acids is 4. The maximum atomic E-state index is 13.2. The number of aliphatic hydroxyl groups excluding tert-OH is 1. The first-order valence-electron chi connectivity index (χ1n) is 48.7. The molecule has 0 radical (unpaired) electrons. The Balaban J connectivity index is 5.24. The minimum absolute atomic E-state index is 0.109. The van der Waals surface area contributed by atoms with Gasteiger partial charge in [0, 0.05) is 25.7 Å². The third-order valence-corrected chi connectivity index (χ3v) is 24.5. The molecule has 3 N–H and O–H groups in total. The number of ether oxygens (including phenoxy) is 4. The number of phosphoric ester groups is 2.